The maximum atomic E-state index is 12.1. The van der Waals surface area contributed by atoms with E-state index in [4.69, 9.17) is 4.52 Å². The normalized spacial score (nSPS) is 19.5. The number of nitrogens with one attached hydrogen (secondary N) is 4. The van der Waals surface area contributed by atoms with Crippen LogP contribution in [-0.2, 0) is 4.79 Å². The third-order valence-corrected chi connectivity index (χ3v) is 4.28. The predicted octanol–water partition coefficient (Wildman–Crippen LogP) is 1.04. The largest absolute Gasteiger partial charge is 0.355 e. The van der Waals surface area contributed by atoms with E-state index >= 15 is 0 Å². The molecule has 3 rings (SSSR count). The first-order chi connectivity index (χ1) is 12.5. The molecule has 1 aliphatic heterocycles. The summed E-state index contributed by atoms with van der Waals surface area (Å²) in [6.07, 6.45) is 0.643. The summed E-state index contributed by atoms with van der Waals surface area (Å²) in [4.78, 5) is 24.1. The van der Waals surface area contributed by atoms with Gasteiger partial charge in [0, 0.05) is 17.7 Å². The third-order valence-electron chi connectivity index (χ3n) is 4.28. The Labute approximate surface area is 151 Å². The molecular formula is C18H23N5O3. The summed E-state index contributed by atoms with van der Waals surface area (Å²) in [7, 11) is 0. The lowest BCUT2D eigenvalue weighted by molar-refractivity contribution is -0.121. The van der Waals surface area contributed by atoms with Crippen molar-refractivity contribution < 1.29 is 14.1 Å². The zero-order chi connectivity index (χ0) is 18.5. The van der Waals surface area contributed by atoms with Crippen LogP contribution in [0.25, 0.3) is 11.3 Å². The summed E-state index contributed by atoms with van der Waals surface area (Å²) < 4.78 is 5.19. The molecule has 2 atom stereocenters. The van der Waals surface area contributed by atoms with Gasteiger partial charge in [-0.05, 0) is 12.3 Å². The van der Waals surface area contributed by atoms with E-state index in [1.807, 2.05) is 30.3 Å². The van der Waals surface area contributed by atoms with Gasteiger partial charge in [-0.25, -0.2) is 5.43 Å². The fourth-order valence-corrected chi connectivity index (χ4v) is 2.73. The van der Waals surface area contributed by atoms with E-state index in [1.54, 1.807) is 6.07 Å². The topological polar surface area (TPSA) is 108 Å². The van der Waals surface area contributed by atoms with Gasteiger partial charge in [-0.2, -0.15) is 0 Å². The average molecular weight is 357 g/mol. The molecule has 1 aromatic heterocycles. The minimum atomic E-state index is -0.455. The summed E-state index contributed by atoms with van der Waals surface area (Å²) in [5.74, 6) is 0.244. The van der Waals surface area contributed by atoms with Crippen LogP contribution in [0.1, 0.15) is 30.8 Å². The van der Waals surface area contributed by atoms with Gasteiger partial charge in [0.25, 0.3) is 5.91 Å². The molecule has 0 bridgehead atoms. The molecule has 4 N–H and O–H groups in total. The molecule has 0 aliphatic carbocycles. The Morgan fingerprint density at radius 1 is 1.27 bits per heavy atom. The van der Waals surface area contributed by atoms with Crippen LogP contribution in [0.2, 0.25) is 0 Å². The van der Waals surface area contributed by atoms with Crippen molar-refractivity contribution in [3.8, 4) is 11.3 Å². The van der Waals surface area contributed by atoms with Gasteiger partial charge in [-0.3, -0.25) is 15.0 Å². The number of nitrogens with zero attached hydrogens (tertiary/aromatic N) is 1. The summed E-state index contributed by atoms with van der Waals surface area (Å²) in [6.45, 7) is 4.10. The Morgan fingerprint density at radius 3 is 2.73 bits per heavy atom. The Bertz CT molecular complexity index is 759. The first kappa shape index (κ1) is 18.1. The van der Waals surface area contributed by atoms with Gasteiger partial charge in [-0.15, -0.1) is 0 Å². The lowest BCUT2D eigenvalue weighted by Gasteiger charge is -2.13. The standard InChI is InChI=1S/C18H23N5O3/c1-11(2)13-9-16(22-21-13)20-17(24)10-19-18(25)14-8-15(26-23-14)12-6-4-3-5-7-12/h3-8,11,13,16,21-22H,9-10H2,1-2H3,(H,19,25)(H,20,24). The Morgan fingerprint density at radius 2 is 2.04 bits per heavy atom. The molecule has 1 saturated heterocycles. The van der Waals surface area contributed by atoms with Crippen LogP contribution in [-0.4, -0.2) is 35.7 Å². The van der Waals surface area contributed by atoms with Crippen molar-refractivity contribution >= 4 is 11.8 Å². The second-order valence-electron chi connectivity index (χ2n) is 6.62. The SMILES string of the molecule is CC(C)C1CC(NC(=O)CNC(=O)c2cc(-c3ccccc3)on2)NN1. The molecule has 2 heterocycles. The van der Waals surface area contributed by atoms with Crippen molar-refractivity contribution in [1.82, 2.24) is 26.6 Å². The Balaban J connectivity index is 1.47. The van der Waals surface area contributed by atoms with Crippen molar-refractivity contribution in [2.45, 2.75) is 32.5 Å². The second kappa shape index (κ2) is 8.11. The number of benzene rings is 1. The number of carbonyl (C=O) groups is 2. The van der Waals surface area contributed by atoms with Crippen molar-refractivity contribution in [3.63, 3.8) is 0 Å². The monoisotopic (exact) mass is 357 g/mol. The Kier molecular flexibility index (Phi) is 5.65. The van der Waals surface area contributed by atoms with Gasteiger partial charge < -0.3 is 15.2 Å². The molecule has 2 unspecified atom stereocenters. The second-order valence-corrected chi connectivity index (χ2v) is 6.62. The maximum Gasteiger partial charge on any atom is 0.273 e. The molecule has 26 heavy (non-hydrogen) atoms. The molecule has 8 heteroatoms. The highest BCUT2D eigenvalue weighted by Crippen LogP contribution is 2.19. The lowest BCUT2D eigenvalue weighted by atomic mass is 10.0. The molecule has 2 aromatic rings. The molecule has 1 fully saturated rings. The first-order valence-corrected chi connectivity index (χ1v) is 8.63. The maximum absolute atomic E-state index is 12.1. The van der Waals surface area contributed by atoms with Crippen molar-refractivity contribution in [3.05, 3.63) is 42.1 Å². The number of aromatic nitrogens is 1. The fraction of sp³-hybridized carbons (Fsp3) is 0.389. The van der Waals surface area contributed by atoms with E-state index in [2.05, 4.69) is 40.5 Å². The Hall–Kier alpha value is -2.71. The molecule has 1 aromatic carbocycles. The van der Waals surface area contributed by atoms with Gasteiger partial charge in [0.1, 0.15) is 0 Å². The smallest absolute Gasteiger partial charge is 0.273 e. The highest BCUT2D eigenvalue weighted by Gasteiger charge is 2.26. The molecule has 8 nitrogen and oxygen atoms in total. The lowest BCUT2D eigenvalue weighted by Crippen LogP contribution is -2.47. The molecule has 2 amide bonds. The number of rotatable bonds is 6. The van der Waals surface area contributed by atoms with Crippen LogP contribution >= 0.6 is 0 Å². The van der Waals surface area contributed by atoms with E-state index in [1.165, 1.54) is 0 Å². The van der Waals surface area contributed by atoms with Gasteiger partial charge in [0.15, 0.2) is 11.5 Å². The average Bonchev–Trinajstić information content (AvgIpc) is 3.30. The van der Waals surface area contributed by atoms with E-state index in [-0.39, 0.29) is 24.3 Å². The van der Waals surface area contributed by atoms with Crippen molar-refractivity contribution in [1.29, 1.82) is 0 Å². The summed E-state index contributed by atoms with van der Waals surface area (Å²) in [5, 5.41) is 9.14. The molecular weight excluding hydrogens is 334 g/mol. The highest BCUT2D eigenvalue weighted by molar-refractivity contribution is 5.95. The number of hydrazine groups is 1. The number of hydrogen-bond acceptors (Lipinski definition) is 6. The first-order valence-electron chi connectivity index (χ1n) is 8.63. The molecule has 1 aliphatic rings. The predicted molar refractivity (Wildman–Crippen MR) is 95.7 cm³/mol. The van der Waals surface area contributed by atoms with E-state index in [0.717, 1.165) is 12.0 Å². The zero-order valence-electron chi connectivity index (χ0n) is 14.8. The molecule has 0 radical (unpaired) electrons. The minimum absolute atomic E-state index is 0.128. The van der Waals surface area contributed by atoms with Gasteiger partial charge in [0.05, 0.1) is 12.7 Å². The summed E-state index contributed by atoms with van der Waals surface area (Å²) >= 11 is 0. The molecule has 138 valence electrons. The third kappa shape index (κ3) is 4.47. The van der Waals surface area contributed by atoms with Crippen molar-refractivity contribution in [2.75, 3.05) is 6.54 Å². The quantitative estimate of drug-likeness (QED) is 0.615. The van der Waals surface area contributed by atoms with Gasteiger partial charge in [0.2, 0.25) is 5.91 Å². The van der Waals surface area contributed by atoms with E-state index in [0.29, 0.717) is 17.7 Å². The zero-order valence-corrected chi connectivity index (χ0v) is 14.8. The van der Waals surface area contributed by atoms with Crippen LogP contribution in [0.4, 0.5) is 0 Å². The van der Waals surface area contributed by atoms with E-state index < -0.39 is 5.91 Å². The van der Waals surface area contributed by atoms with Crippen LogP contribution in [0.15, 0.2) is 40.9 Å². The van der Waals surface area contributed by atoms with Gasteiger partial charge in [-0.1, -0.05) is 49.3 Å². The van der Waals surface area contributed by atoms with Crippen LogP contribution in [0.3, 0.4) is 0 Å². The summed E-state index contributed by atoms with van der Waals surface area (Å²) in [5.41, 5.74) is 7.15. The summed E-state index contributed by atoms with van der Waals surface area (Å²) in [6, 6.07) is 11.2. The van der Waals surface area contributed by atoms with Crippen LogP contribution in [0.5, 0.6) is 0 Å². The fourth-order valence-electron chi connectivity index (χ4n) is 2.73. The van der Waals surface area contributed by atoms with E-state index in [9.17, 15) is 9.59 Å². The minimum Gasteiger partial charge on any atom is -0.355 e. The number of hydrogen-bond donors (Lipinski definition) is 4. The highest BCUT2D eigenvalue weighted by atomic mass is 16.5. The van der Waals surface area contributed by atoms with Crippen LogP contribution in [0, 0.1) is 5.92 Å². The number of amides is 2. The molecule has 0 saturated carbocycles. The van der Waals surface area contributed by atoms with Gasteiger partial charge >= 0.3 is 0 Å². The van der Waals surface area contributed by atoms with Crippen molar-refractivity contribution in [2.24, 2.45) is 5.92 Å². The number of carbonyl (C=O) groups excluding carboxylic acids is 2. The van der Waals surface area contributed by atoms with Crippen LogP contribution < -0.4 is 21.5 Å². The molecule has 0 spiro atoms.